The SMILES string of the molecule is COC(=O)c1ccc2c(c1)CC(CNC(=O)c1ccccc1C)O2. The lowest BCUT2D eigenvalue weighted by molar-refractivity contribution is 0.0600. The Bertz CT molecular complexity index is 785. The molecule has 0 fully saturated rings. The van der Waals surface area contributed by atoms with Gasteiger partial charge in [0, 0.05) is 12.0 Å². The third-order valence-electron chi connectivity index (χ3n) is 4.10. The molecule has 0 aromatic heterocycles. The van der Waals surface area contributed by atoms with E-state index in [0.29, 0.717) is 24.1 Å². The van der Waals surface area contributed by atoms with Crippen molar-refractivity contribution in [2.75, 3.05) is 13.7 Å². The number of hydrogen-bond donors (Lipinski definition) is 1. The van der Waals surface area contributed by atoms with Crippen molar-refractivity contribution in [1.29, 1.82) is 0 Å². The number of carbonyl (C=O) groups is 2. The smallest absolute Gasteiger partial charge is 0.337 e. The number of rotatable bonds is 4. The molecule has 1 unspecified atom stereocenters. The Morgan fingerprint density at radius 2 is 2.04 bits per heavy atom. The molecular weight excluding hydrogens is 306 g/mol. The molecule has 5 heteroatoms. The van der Waals surface area contributed by atoms with Crippen molar-refractivity contribution < 1.29 is 19.1 Å². The number of nitrogens with one attached hydrogen (secondary N) is 1. The third kappa shape index (κ3) is 3.25. The fourth-order valence-corrected chi connectivity index (χ4v) is 2.81. The van der Waals surface area contributed by atoms with E-state index in [-0.39, 0.29) is 18.0 Å². The first-order valence-corrected chi connectivity index (χ1v) is 7.80. The lowest BCUT2D eigenvalue weighted by atomic mass is 10.1. The molecular formula is C19H19NO4. The molecule has 3 rings (SSSR count). The van der Waals surface area contributed by atoms with Crippen LogP contribution in [-0.4, -0.2) is 31.6 Å². The maximum Gasteiger partial charge on any atom is 0.337 e. The van der Waals surface area contributed by atoms with Crippen molar-refractivity contribution in [3.05, 3.63) is 64.7 Å². The maximum atomic E-state index is 12.2. The van der Waals surface area contributed by atoms with Gasteiger partial charge in [-0.15, -0.1) is 0 Å². The number of carbonyl (C=O) groups excluding carboxylic acids is 2. The number of methoxy groups -OCH3 is 1. The first-order valence-electron chi connectivity index (χ1n) is 7.80. The molecule has 0 bridgehead atoms. The number of benzene rings is 2. The highest BCUT2D eigenvalue weighted by molar-refractivity contribution is 5.95. The molecule has 1 aliphatic rings. The summed E-state index contributed by atoms with van der Waals surface area (Å²) in [4.78, 5) is 23.8. The van der Waals surface area contributed by atoms with Crippen LogP contribution in [0.5, 0.6) is 5.75 Å². The van der Waals surface area contributed by atoms with Crippen LogP contribution in [0.2, 0.25) is 0 Å². The molecule has 1 N–H and O–H groups in total. The minimum Gasteiger partial charge on any atom is -0.488 e. The molecule has 2 aromatic carbocycles. The Morgan fingerprint density at radius 3 is 2.79 bits per heavy atom. The average Bonchev–Trinajstić information content (AvgIpc) is 3.01. The van der Waals surface area contributed by atoms with Crippen LogP contribution in [0.3, 0.4) is 0 Å². The molecule has 5 nitrogen and oxygen atoms in total. The van der Waals surface area contributed by atoms with E-state index in [9.17, 15) is 9.59 Å². The molecule has 24 heavy (non-hydrogen) atoms. The van der Waals surface area contributed by atoms with Crippen molar-refractivity contribution in [2.24, 2.45) is 0 Å². The number of hydrogen-bond acceptors (Lipinski definition) is 4. The van der Waals surface area contributed by atoms with Crippen LogP contribution in [0.15, 0.2) is 42.5 Å². The Kier molecular flexibility index (Phi) is 4.51. The first kappa shape index (κ1) is 16.1. The molecule has 124 valence electrons. The Labute approximate surface area is 140 Å². The van der Waals surface area contributed by atoms with Gasteiger partial charge in [-0.1, -0.05) is 18.2 Å². The number of aryl methyl sites for hydroxylation is 1. The maximum absolute atomic E-state index is 12.2. The Hall–Kier alpha value is -2.82. The number of amides is 1. The molecule has 0 spiro atoms. The predicted molar refractivity (Wildman–Crippen MR) is 89.4 cm³/mol. The quantitative estimate of drug-likeness (QED) is 0.877. The molecule has 2 aromatic rings. The molecule has 1 amide bonds. The van der Waals surface area contributed by atoms with Gasteiger partial charge in [0.25, 0.3) is 5.91 Å². The summed E-state index contributed by atoms with van der Waals surface area (Å²) in [6.45, 7) is 2.32. The van der Waals surface area contributed by atoms with Crippen molar-refractivity contribution in [2.45, 2.75) is 19.4 Å². The second-order valence-corrected chi connectivity index (χ2v) is 5.78. The number of ether oxygens (including phenoxy) is 2. The highest BCUT2D eigenvalue weighted by Crippen LogP contribution is 2.29. The Balaban J connectivity index is 1.61. The van der Waals surface area contributed by atoms with Crippen molar-refractivity contribution in [3.8, 4) is 5.75 Å². The van der Waals surface area contributed by atoms with Crippen molar-refractivity contribution >= 4 is 11.9 Å². The summed E-state index contributed by atoms with van der Waals surface area (Å²) in [6.07, 6.45) is 0.509. The van der Waals surface area contributed by atoms with Gasteiger partial charge in [-0.3, -0.25) is 4.79 Å². The van der Waals surface area contributed by atoms with Gasteiger partial charge in [-0.05, 0) is 42.3 Å². The van der Waals surface area contributed by atoms with Gasteiger partial charge in [0.2, 0.25) is 0 Å². The lowest BCUT2D eigenvalue weighted by Crippen LogP contribution is -2.34. The molecule has 0 saturated carbocycles. The fraction of sp³-hybridized carbons (Fsp3) is 0.263. The zero-order valence-electron chi connectivity index (χ0n) is 13.7. The van der Waals surface area contributed by atoms with Crippen molar-refractivity contribution in [3.63, 3.8) is 0 Å². The van der Waals surface area contributed by atoms with Crippen molar-refractivity contribution in [1.82, 2.24) is 5.32 Å². The molecule has 1 heterocycles. The summed E-state index contributed by atoms with van der Waals surface area (Å²) in [7, 11) is 1.36. The van der Waals surface area contributed by atoms with Gasteiger partial charge in [-0.2, -0.15) is 0 Å². The van der Waals surface area contributed by atoms with Gasteiger partial charge >= 0.3 is 5.97 Å². The summed E-state index contributed by atoms with van der Waals surface area (Å²) in [5.41, 5.74) is 3.06. The topological polar surface area (TPSA) is 64.6 Å². The van der Waals surface area contributed by atoms with Gasteiger partial charge in [0.05, 0.1) is 19.2 Å². The van der Waals surface area contributed by atoms with E-state index in [4.69, 9.17) is 9.47 Å². The van der Waals surface area contributed by atoms with Crippen LogP contribution >= 0.6 is 0 Å². The normalized spacial score (nSPS) is 15.3. The molecule has 0 saturated heterocycles. The molecule has 0 aliphatic carbocycles. The summed E-state index contributed by atoms with van der Waals surface area (Å²) >= 11 is 0. The van der Waals surface area contributed by atoms with Gasteiger partial charge < -0.3 is 14.8 Å². The minimum atomic E-state index is -0.367. The van der Waals surface area contributed by atoms with Crippen LogP contribution < -0.4 is 10.1 Å². The second-order valence-electron chi connectivity index (χ2n) is 5.78. The van der Waals surface area contributed by atoms with E-state index in [2.05, 4.69) is 5.32 Å². The van der Waals surface area contributed by atoms with Gasteiger partial charge in [0.15, 0.2) is 0 Å². The van der Waals surface area contributed by atoms with Crippen LogP contribution in [-0.2, 0) is 11.2 Å². The van der Waals surface area contributed by atoms with E-state index in [1.165, 1.54) is 7.11 Å². The van der Waals surface area contributed by atoms with Crippen LogP contribution in [0, 0.1) is 6.92 Å². The summed E-state index contributed by atoms with van der Waals surface area (Å²) < 4.78 is 10.6. The van der Waals surface area contributed by atoms with Crippen LogP contribution in [0.25, 0.3) is 0 Å². The monoisotopic (exact) mass is 325 g/mol. The number of esters is 1. The highest BCUT2D eigenvalue weighted by atomic mass is 16.5. The number of fused-ring (bicyclic) bond motifs is 1. The molecule has 1 aliphatic heterocycles. The zero-order valence-corrected chi connectivity index (χ0v) is 13.7. The highest BCUT2D eigenvalue weighted by Gasteiger charge is 2.24. The zero-order chi connectivity index (χ0) is 17.1. The van der Waals surface area contributed by atoms with E-state index < -0.39 is 0 Å². The largest absolute Gasteiger partial charge is 0.488 e. The summed E-state index contributed by atoms with van der Waals surface area (Å²) in [6, 6.07) is 12.7. The third-order valence-corrected chi connectivity index (χ3v) is 4.10. The van der Waals surface area contributed by atoms with E-state index in [1.807, 2.05) is 25.1 Å². The summed E-state index contributed by atoms with van der Waals surface area (Å²) in [5.74, 6) is 0.273. The standard InChI is InChI=1S/C19H19NO4/c1-12-5-3-4-6-16(12)18(21)20-11-15-10-14-9-13(19(22)23-2)7-8-17(14)24-15/h3-9,15H,10-11H2,1-2H3,(H,20,21). The lowest BCUT2D eigenvalue weighted by Gasteiger charge is -2.12. The molecule has 0 radical (unpaired) electrons. The summed E-state index contributed by atoms with van der Waals surface area (Å²) in [5, 5.41) is 2.91. The first-order chi connectivity index (χ1) is 11.6. The van der Waals surface area contributed by atoms with Gasteiger partial charge in [-0.25, -0.2) is 4.79 Å². The van der Waals surface area contributed by atoms with Crippen LogP contribution in [0.1, 0.15) is 31.8 Å². The van der Waals surface area contributed by atoms with E-state index in [0.717, 1.165) is 16.9 Å². The minimum absolute atomic E-state index is 0.108. The van der Waals surface area contributed by atoms with Crippen LogP contribution in [0.4, 0.5) is 0 Å². The molecule has 1 atom stereocenters. The Morgan fingerprint density at radius 1 is 1.25 bits per heavy atom. The predicted octanol–water partition coefficient (Wildman–Crippen LogP) is 2.52. The van der Waals surface area contributed by atoms with E-state index >= 15 is 0 Å². The van der Waals surface area contributed by atoms with Gasteiger partial charge in [0.1, 0.15) is 11.9 Å². The van der Waals surface area contributed by atoms with E-state index in [1.54, 1.807) is 24.3 Å². The average molecular weight is 325 g/mol. The second kappa shape index (κ2) is 6.74. The fourth-order valence-electron chi connectivity index (χ4n) is 2.81.